The molecule has 1 aromatic carbocycles. The van der Waals surface area contributed by atoms with Crippen molar-refractivity contribution in [3.63, 3.8) is 0 Å². The Balaban J connectivity index is 1.66. The number of nitrogens with one attached hydrogen (secondary N) is 2. The lowest BCUT2D eigenvalue weighted by Crippen LogP contribution is -2.13. The Morgan fingerprint density at radius 1 is 0.850 bits per heavy atom. The second-order valence-electron chi connectivity index (χ2n) is 15.5. The third-order valence-electron chi connectivity index (χ3n) is 12.0. The lowest BCUT2D eigenvalue weighted by atomic mass is 9.85. The Hall–Kier alpha value is -5.77. The molecule has 3 aliphatic rings. The predicted molar refractivity (Wildman–Crippen MR) is 215 cm³/mol. The van der Waals surface area contributed by atoms with Gasteiger partial charge in [0.2, 0.25) is 11.8 Å². The minimum atomic E-state index is -5.13. The largest absolute Gasteiger partial charge is 0.494 e. The lowest BCUT2D eigenvalue weighted by Gasteiger charge is -2.21. The Morgan fingerprint density at radius 2 is 1.48 bits per heavy atom. The number of aromatic hydroxyl groups is 2. The summed E-state index contributed by atoms with van der Waals surface area (Å²) < 4.78 is 95.6. The highest BCUT2D eigenvalue weighted by Crippen LogP contribution is 2.50. The Labute approximate surface area is 340 Å². The van der Waals surface area contributed by atoms with E-state index in [1.54, 1.807) is 20.1 Å². The highest BCUT2D eigenvalue weighted by Gasteiger charge is 2.39. The van der Waals surface area contributed by atoms with Gasteiger partial charge in [-0.25, -0.2) is 4.98 Å². The van der Waals surface area contributed by atoms with Gasteiger partial charge in [-0.1, -0.05) is 13.8 Å². The number of halogens is 6. The summed E-state index contributed by atoms with van der Waals surface area (Å²) in [5.74, 6) is -2.79. The number of alkyl halides is 6. The number of ether oxygens (including phenoxy) is 2. The number of fused-ring (bicyclic) bond motifs is 8. The molecule has 3 aliphatic heterocycles. The van der Waals surface area contributed by atoms with E-state index in [0.29, 0.717) is 35.3 Å². The van der Waals surface area contributed by atoms with Gasteiger partial charge in [0.05, 0.1) is 58.7 Å². The summed E-state index contributed by atoms with van der Waals surface area (Å²) >= 11 is 0. The van der Waals surface area contributed by atoms with Crippen LogP contribution < -0.4 is 0 Å². The predicted octanol–water partition coefficient (Wildman–Crippen LogP) is 11.0. The lowest BCUT2D eigenvalue weighted by molar-refractivity contribution is -0.143. The fourth-order valence-corrected chi connectivity index (χ4v) is 8.63. The first-order chi connectivity index (χ1) is 28.2. The summed E-state index contributed by atoms with van der Waals surface area (Å²) in [4.78, 5) is 29.7. The molecule has 0 saturated heterocycles. The second kappa shape index (κ2) is 15.4. The van der Waals surface area contributed by atoms with Crippen molar-refractivity contribution in [1.82, 2.24) is 24.5 Å². The molecule has 4 aromatic rings. The molecule has 60 heavy (non-hydrogen) atoms. The number of carbonyl (C=O) groups excluding carboxylic acids is 1. The van der Waals surface area contributed by atoms with Gasteiger partial charge < -0.3 is 29.7 Å². The number of hydrogen-bond acceptors (Lipinski definition) is 7. The summed E-state index contributed by atoms with van der Waals surface area (Å²) in [6.07, 6.45) is -9.79. The van der Waals surface area contributed by atoms with E-state index in [9.17, 15) is 41.4 Å². The van der Waals surface area contributed by atoms with Gasteiger partial charge in [-0.3, -0.25) is 14.3 Å². The molecule has 0 amide bonds. The van der Waals surface area contributed by atoms with Crippen LogP contribution in [0.3, 0.4) is 0 Å². The average Bonchev–Trinajstić information content (AvgIpc) is 3.87. The maximum atomic E-state index is 14.0. The third kappa shape index (κ3) is 7.28. The van der Waals surface area contributed by atoms with Gasteiger partial charge in [0.1, 0.15) is 0 Å². The highest BCUT2D eigenvalue weighted by molar-refractivity contribution is 5.96. The molecule has 0 aliphatic carbocycles. The van der Waals surface area contributed by atoms with Gasteiger partial charge in [-0.15, -0.1) is 0 Å². The molecule has 318 valence electrons. The molecule has 0 spiro atoms. The van der Waals surface area contributed by atoms with Crippen molar-refractivity contribution in [1.29, 1.82) is 0 Å². The molecule has 3 aromatic heterocycles. The summed E-state index contributed by atoms with van der Waals surface area (Å²) in [5, 5.41) is 24.3. The second-order valence-corrected chi connectivity index (χ2v) is 15.5. The van der Waals surface area contributed by atoms with Crippen LogP contribution in [0.4, 0.5) is 26.3 Å². The van der Waals surface area contributed by atoms with Crippen LogP contribution in [0.15, 0.2) is 36.4 Å². The van der Waals surface area contributed by atoms with Crippen molar-refractivity contribution in [2.75, 3.05) is 14.2 Å². The number of hydrogen-bond donors (Lipinski definition) is 4. The molecule has 0 radical (unpaired) electrons. The van der Waals surface area contributed by atoms with Crippen LogP contribution in [0.1, 0.15) is 107 Å². The maximum Gasteiger partial charge on any atom is 0.416 e. The summed E-state index contributed by atoms with van der Waals surface area (Å²) in [6, 6.07) is 6.83. The number of carbonyl (C=O) groups is 1. The summed E-state index contributed by atoms with van der Waals surface area (Å²) in [6.45, 7) is 10.7. The number of aryl methyl sites for hydroxylation is 4. The van der Waals surface area contributed by atoms with Crippen molar-refractivity contribution in [3.8, 4) is 23.0 Å². The first kappa shape index (κ1) is 42.4. The Bertz CT molecular complexity index is 2730. The Morgan fingerprint density at radius 3 is 2.08 bits per heavy atom. The van der Waals surface area contributed by atoms with Crippen LogP contribution in [-0.4, -0.2) is 54.9 Å². The van der Waals surface area contributed by atoms with Gasteiger partial charge in [0.25, 0.3) is 0 Å². The molecule has 16 heteroatoms. The molecular weight excluding hydrogens is 793 g/mol. The molecule has 4 N–H and O–H groups in total. The van der Waals surface area contributed by atoms with Crippen LogP contribution in [0, 0.1) is 20.8 Å². The monoisotopic (exact) mass is 837 g/mol. The van der Waals surface area contributed by atoms with Crippen molar-refractivity contribution in [2.45, 2.75) is 97.6 Å². The van der Waals surface area contributed by atoms with Gasteiger partial charge in [-0.2, -0.15) is 26.3 Å². The van der Waals surface area contributed by atoms with Crippen molar-refractivity contribution in [2.24, 2.45) is 0 Å². The van der Waals surface area contributed by atoms with E-state index < -0.39 is 65.2 Å². The zero-order chi connectivity index (χ0) is 43.7. The van der Waals surface area contributed by atoms with E-state index in [0.717, 1.165) is 48.9 Å². The molecule has 0 fully saturated rings. The fourth-order valence-electron chi connectivity index (χ4n) is 8.63. The molecule has 10 nitrogen and oxygen atoms in total. The number of rotatable bonds is 8. The van der Waals surface area contributed by atoms with E-state index in [-0.39, 0.29) is 47.3 Å². The van der Waals surface area contributed by atoms with Crippen molar-refractivity contribution < 1.29 is 50.8 Å². The normalized spacial score (nSPS) is 16.0. The average molecular weight is 838 g/mol. The van der Waals surface area contributed by atoms with Crippen molar-refractivity contribution in [3.05, 3.63) is 92.3 Å². The molecule has 6 heterocycles. The highest BCUT2D eigenvalue weighted by atomic mass is 19.4. The molecule has 3 atom stereocenters. The zero-order valence-electron chi connectivity index (χ0n) is 34.3. The molecule has 7 rings (SSSR count). The zero-order valence-corrected chi connectivity index (χ0v) is 34.3. The molecule has 8 bridgehead atoms. The number of methoxy groups -OCH3 is 2. The first-order valence-corrected chi connectivity index (χ1v) is 19.4. The standard InChI is InChI=1S/C44H45F6N5O5/c1-9-27-19(2)29-17-34-36(23(6)59-7)21(4)31(52-34)15-30-20(3)28(10-11-35(56)60-8)39(53-30)38-40-37(22(5)32(54-40)16-33(27)51-29)41(57)55(42(38)58)18-24-12-25(43(45,46)47)14-26(13-24)44(48,49)50/h12-17,20,23,28,51-52,57-58H,9-11,18H2,1-8H3/t20-,23?,28-/m0/s1. The quantitative estimate of drug-likeness (QED) is 0.0884. The smallest absolute Gasteiger partial charge is 0.416 e. The fraction of sp³-hybridized carbons (Fsp3) is 0.386. The summed E-state index contributed by atoms with van der Waals surface area (Å²) in [5.41, 5.74) is 5.11. The van der Waals surface area contributed by atoms with Gasteiger partial charge in [-0.05, 0) is 105 Å². The van der Waals surface area contributed by atoms with Crippen molar-refractivity contribution >= 4 is 38.9 Å². The number of H-pyrrole nitrogens is 2. The van der Waals surface area contributed by atoms with E-state index in [1.165, 1.54) is 7.11 Å². The first-order valence-electron chi connectivity index (χ1n) is 19.4. The van der Waals surface area contributed by atoms with Crippen LogP contribution >= 0.6 is 0 Å². The molecule has 1 unspecified atom stereocenters. The number of benzene rings is 1. The topological polar surface area (TPSA) is 138 Å². The van der Waals surface area contributed by atoms with Gasteiger partial charge in [0, 0.05) is 58.7 Å². The maximum absolute atomic E-state index is 14.0. The number of pyridine rings is 1. The summed E-state index contributed by atoms with van der Waals surface area (Å²) in [7, 11) is 2.89. The van der Waals surface area contributed by atoms with Crippen LogP contribution in [0.25, 0.3) is 44.2 Å². The molecule has 0 saturated carbocycles. The van der Waals surface area contributed by atoms with Crippen LogP contribution in [0.2, 0.25) is 0 Å². The number of nitrogens with zero attached hydrogens (tertiary/aromatic N) is 3. The van der Waals surface area contributed by atoms with E-state index in [4.69, 9.17) is 19.4 Å². The van der Waals surface area contributed by atoms with Gasteiger partial charge >= 0.3 is 18.3 Å². The molecular formula is C44H45F6N5O5. The number of esters is 1. The van der Waals surface area contributed by atoms with Crippen LogP contribution in [-0.2, 0) is 39.6 Å². The minimum Gasteiger partial charge on any atom is -0.494 e. The van der Waals surface area contributed by atoms with E-state index in [2.05, 4.69) is 9.97 Å². The third-order valence-corrected chi connectivity index (χ3v) is 12.0. The SMILES string of the molecule is CCc1c(C)c2cc3[nH]c(cc4nc(c5c6nc(cc1[nH]2)c(C)c-6c(O)n(Cc1cc(C(F)(F)F)cc(C(F)(F)F)c1)c5O)[C@@H](CCC(=O)OC)[C@@H]4C)c(C)c3C(C)OC. The van der Waals surface area contributed by atoms with Gasteiger partial charge in [0.15, 0.2) is 0 Å². The number of aromatic amines is 2. The number of aromatic nitrogens is 5. The van der Waals surface area contributed by atoms with E-state index in [1.807, 2.05) is 46.8 Å². The minimum absolute atomic E-state index is 0.00998. The Kier molecular flexibility index (Phi) is 10.8. The van der Waals surface area contributed by atoms with E-state index >= 15 is 0 Å². The van der Waals surface area contributed by atoms with Crippen LogP contribution in [0.5, 0.6) is 11.8 Å².